The maximum Gasteiger partial charge on any atom is 0.325 e. The summed E-state index contributed by atoms with van der Waals surface area (Å²) in [7, 11) is 0. The minimum Gasteiger partial charge on any atom is -0.336 e. The molecule has 1 saturated heterocycles. The fourth-order valence-electron chi connectivity index (χ4n) is 3.28. The lowest BCUT2D eigenvalue weighted by atomic mass is 9.91. The van der Waals surface area contributed by atoms with Crippen LogP contribution in [0.2, 0.25) is 0 Å². The van der Waals surface area contributed by atoms with E-state index in [4.69, 9.17) is 0 Å². The van der Waals surface area contributed by atoms with Gasteiger partial charge in [-0.3, -0.25) is 14.5 Å². The highest BCUT2D eigenvalue weighted by molar-refractivity contribution is 6.09. The second kappa shape index (κ2) is 6.13. The highest BCUT2D eigenvalue weighted by atomic mass is 16.2. The largest absolute Gasteiger partial charge is 0.336 e. The second-order valence-corrected chi connectivity index (χ2v) is 7.45. The Morgan fingerprint density at radius 3 is 2.54 bits per heavy atom. The molecule has 0 aromatic heterocycles. The quantitative estimate of drug-likeness (QED) is 0.784. The fraction of sp³-hybridized carbons (Fsp3) is 0.474. The van der Waals surface area contributed by atoms with Gasteiger partial charge >= 0.3 is 6.03 Å². The van der Waals surface area contributed by atoms with Crippen LogP contribution in [-0.4, -0.2) is 34.8 Å². The molecule has 1 heterocycles. The van der Waals surface area contributed by atoms with Crippen LogP contribution in [0.3, 0.4) is 0 Å². The van der Waals surface area contributed by atoms with Crippen molar-refractivity contribution >= 4 is 17.8 Å². The Kier molecular flexibility index (Phi) is 4.23. The van der Waals surface area contributed by atoms with Crippen LogP contribution in [-0.2, 0) is 15.1 Å². The predicted octanol–water partition coefficient (Wildman–Crippen LogP) is 1.57. The summed E-state index contributed by atoms with van der Waals surface area (Å²) in [4.78, 5) is 38.4. The molecule has 4 amide bonds. The van der Waals surface area contributed by atoms with Gasteiger partial charge in [0.1, 0.15) is 17.6 Å². The van der Waals surface area contributed by atoms with E-state index in [2.05, 4.69) is 16.7 Å². The van der Waals surface area contributed by atoms with Crippen molar-refractivity contribution in [2.24, 2.45) is 5.92 Å². The lowest BCUT2D eigenvalue weighted by Gasteiger charge is -2.25. The molecule has 2 N–H and O–H groups in total. The van der Waals surface area contributed by atoms with Gasteiger partial charge in [-0.15, -0.1) is 0 Å². The van der Waals surface area contributed by atoms with Crippen molar-refractivity contribution in [2.45, 2.75) is 44.7 Å². The molecule has 1 saturated carbocycles. The number of nitrogens with one attached hydrogen (secondary N) is 2. The molecule has 26 heavy (non-hydrogen) atoms. The van der Waals surface area contributed by atoms with E-state index in [0.717, 1.165) is 23.3 Å². The van der Waals surface area contributed by atoms with E-state index in [9.17, 15) is 19.6 Å². The number of hydrogen-bond donors (Lipinski definition) is 2. The molecule has 7 nitrogen and oxygen atoms in total. The number of carbonyl (C=O) groups excluding carboxylic acids is 3. The lowest BCUT2D eigenvalue weighted by molar-refractivity contribution is -0.135. The third-order valence-electron chi connectivity index (χ3n) is 5.23. The first-order valence-electron chi connectivity index (χ1n) is 8.63. The van der Waals surface area contributed by atoms with Crippen molar-refractivity contribution in [3.8, 4) is 6.07 Å². The van der Waals surface area contributed by atoms with Gasteiger partial charge in [-0.2, -0.15) is 5.26 Å². The molecule has 1 aliphatic carbocycles. The zero-order valence-corrected chi connectivity index (χ0v) is 15.1. The van der Waals surface area contributed by atoms with Crippen molar-refractivity contribution in [2.75, 3.05) is 6.54 Å². The zero-order valence-electron chi connectivity index (χ0n) is 15.1. The average molecular weight is 354 g/mol. The smallest absolute Gasteiger partial charge is 0.325 e. The first kappa shape index (κ1) is 17.9. The predicted molar refractivity (Wildman–Crippen MR) is 93.7 cm³/mol. The number of urea groups is 1. The standard InChI is InChI=1S/C19H22N4O3/c1-12-4-6-14(7-5-12)19(3)16(25)23(17(26)22-19)10-15(24)21-18(2,11-20)13-8-9-13/h4-7,13H,8-10H2,1-3H3,(H,21,24)(H,22,26)/t18-,19-/m0/s1. The summed E-state index contributed by atoms with van der Waals surface area (Å²) in [6.07, 6.45) is 1.78. The summed E-state index contributed by atoms with van der Waals surface area (Å²) in [5, 5.41) is 14.7. The third kappa shape index (κ3) is 3.03. The van der Waals surface area contributed by atoms with E-state index in [-0.39, 0.29) is 5.92 Å². The summed E-state index contributed by atoms with van der Waals surface area (Å²) in [5.41, 5.74) is -0.470. The molecule has 136 valence electrons. The molecule has 2 aliphatic rings. The molecule has 1 aliphatic heterocycles. The van der Waals surface area contributed by atoms with E-state index in [1.54, 1.807) is 26.0 Å². The number of amides is 4. The number of nitrogens with zero attached hydrogens (tertiary/aromatic N) is 2. The Morgan fingerprint density at radius 2 is 2.00 bits per heavy atom. The number of rotatable bonds is 5. The summed E-state index contributed by atoms with van der Waals surface area (Å²) < 4.78 is 0. The molecule has 1 aromatic carbocycles. The maximum atomic E-state index is 12.8. The summed E-state index contributed by atoms with van der Waals surface area (Å²) in [6, 6.07) is 8.82. The molecule has 0 spiro atoms. The molecule has 2 fully saturated rings. The van der Waals surface area contributed by atoms with Gasteiger partial charge < -0.3 is 10.6 Å². The Hall–Kier alpha value is -2.88. The van der Waals surface area contributed by atoms with E-state index in [1.165, 1.54) is 0 Å². The first-order chi connectivity index (χ1) is 12.2. The topological polar surface area (TPSA) is 102 Å². The number of nitriles is 1. The van der Waals surface area contributed by atoms with E-state index in [0.29, 0.717) is 5.56 Å². The van der Waals surface area contributed by atoms with Gasteiger partial charge in [0.05, 0.1) is 6.07 Å². The Labute approximate surface area is 152 Å². The van der Waals surface area contributed by atoms with Crippen LogP contribution in [0.1, 0.15) is 37.8 Å². The summed E-state index contributed by atoms with van der Waals surface area (Å²) in [5.74, 6) is -0.874. The lowest BCUT2D eigenvalue weighted by Crippen LogP contribution is -2.51. The van der Waals surface area contributed by atoms with Crippen LogP contribution < -0.4 is 10.6 Å². The number of hydrogen-bond acceptors (Lipinski definition) is 4. The summed E-state index contributed by atoms with van der Waals surface area (Å²) >= 11 is 0. The van der Waals surface area contributed by atoms with Gasteiger partial charge in [-0.05, 0) is 45.1 Å². The van der Waals surface area contributed by atoms with E-state index in [1.807, 2.05) is 19.1 Å². The molecule has 3 rings (SSSR count). The molecule has 7 heteroatoms. The molecule has 0 bridgehead atoms. The normalized spacial score (nSPS) is 24.6. The monoisotopic (exact) mass is 354 g/mol. The fourth-order valence-corrected chi connectivity index (χ4v) is 3.28. The van der Waals surface area contributed by atoms with Gasteiger partial charge in [-0.25, -0.2) is 4.79 Å². The number of imide groups is 1. The third-order valence-corrected chi connectivity index (χ3v) is 5.23. The minimum absolute atomic E-state index is 0.123. The molecular weight excluding hydrogens is 332 g/mol. The molecule has 0 unspecified atom stereocenters. The van der Waals surface area contributed by atoms with E-state index < -0.39 is 35.5 Å². The SMILES string of the molecule is Cc1ccc([C@]2(C)NC(=O)N(CC(=O)N[C@@](C)(C#N)C3CC3)C2=O)cc1. The molecular formula is C19H22N4O3. The van der Waals surface area contributed by atoms with Gasteiger partial charge in [0, 0.05) is 0 Å². The number of aryl methyl sites for hydroxylation is 1. The summed E-state index contributed by atoms with van der Waals surface area (Å²) in [6.45, 7) is 4.82. The van der Waals surface area contributed by atoms with Crippen LogP contribution in [0.25, 0.3) is 0 Å². The van der Waals surface area contributed by atoms with Gasteiger partial charge in [0.2, 0.25) is 5.91 Å². The van der Waals surface area contributed by atoms with Crippen molar-refractivity contribution in [1.82, 2.24) is 15.5 Å². The Balaban J connectivity index is 1.74. The van der Waals surface area contributed by atoms with Crippen molar-refractivity contribution in [3.05, 3.63) is 35.4 Å². The molecule has 1 aromatic rings. The van der Waals surface area contributed by atoms with Crippen LogP contribution in [0.5, 0.6) is 0 Å². The average Bonchev–Trinajstić information content (AvgIpc) is 3.42. The zero-order chi connectivity index (χ0) is 19.1. The minimum atomic E-state index is -1.21. The van der Waals surface area contributed by atoms with Crippen molar-refractivity contribution in [1.29, 1.82) is 5.26 Å². The second-order valence-electron chi connectivity index (χ2n) is 7.45. The molecule has 2 atom stereocenters. The van der Waals surface area contributed by atoms with Crippen LogP contribution in [0.15, 0.2) is 24.3 Å². The van der Waals surface area contributed by atoms with Crippen molar-refractivity contribution < 1.29 is 14.4 Å². The molecule has 0 radical (unpaired) electrons. The van der Waals surface area contributed by atoms with Gasteiger partial charge in [0.15, 0.2) is 0 Å². The van der Waals surface area contributed by atoms with Crippen LogP contribution in [0, 0.1) is 24.2 Å². The van der Waals surface area contributed by atoms with E-state index >= 15 is 0 Å². The van der Waals surface area contributed by atoms with Gasteiger partial charge in [-0.1, -0.05) is 29.8 Å². The van der Waals surface area contributed by atoms with Gasteiger partial charge in [0.25, 0.3) is 5.91 Å². The highest BCUT2D eigenvalue weighted by Crippen LogP contribution is 2.39. The number of carbonyl (C=O) groups is 3. The maximum absolute atomic E-state index is 12.8. The van der Waals surface area contributed by atoms with Crippen LogP contribution >= 0.6 is 0 Å². The van der Waals surface area contributed by atoms with Crippen molar-refractivity contribution in [3.63, 3.8) is 0 Å². The first-order valence-corrected chi connectivity index (χ1v) is 8.63. The van der Waals surface area contributed by atoms with Crippen LogP contribution in [0.4, 0.5) is 4.79 Å². The Morgan fingerprint density at radius 1 is 1.38 bits per heavy atom. The Bertz CT molecular complexity index is 809. The number of benzene rings is 1. The highest BCUT2D eigenvalue weighted by Gasteiger charge is 2.50.